The van der Waals surface area contributed by atoms with E-state index in [4.69, 9.17) is 0 Å². The monoisotopic (exact) mass is 423 g/mol. The summed E-state index contributed by atoms with van der Waals surface area (Å²) in [4.78, 5) is 16.2. The van der Waals surface area contributed by atoms with Crippen molar-refractivity contribution in [2.24, 2.45) is 0 Å². The number of carbonyl (C=O) groups is 1. The first-order chi connectivity index (χ1) is 12.7. The van der Waals surface area contributed by atoms with E-state index in [1.165, 1.54) is 0 Å². The molecule has 0 spiro atoms. The summed E-state index contributed by atoms with van der Waals surface area (Å²) < 4.78 is -0.676. The van der Waals surface area contributed by atoms with E-state index in [0.717, 1.165) is 16.0 Å². The molecule has 0 N–H and O–H groups in total. The molecule has 1 saturated heterocycles. The van der Waals surface area contributed by atoms with Crippen LogP contribution < -0.4 is 0 Å². The standard InChI is InChI=1S/C22H18BrNOS/c23-22(26-19-14-8-3-9-15-19)20(18-12-6-2-7-13-18)24(21(22)25)16-17-10-4-1-5-11-17/h1-15,20H,16H2/t20-,22-/m1/s1. The number of β-lactam (4-membered cyclic amide) rings is 1. The van der Waals surface area contributed by atoms with Crippen molar-refractivity contribution >= 4 is 33.6 Å². The van der Waals surface area contributed by atoms with Crippen LogP contribution in [0.5, 0.6) is 0 Å². The molecule has 1 aliphatic rings. The Hall–Kier alpha value is -2.04. The molecule has 0 aliphatic carbocycles. The maximum absolute atomic E-state index is 13.1. The second-order valence-corrected chi connectivity index (χ2v) is 9.39. The minimum Gasteiger partial charge on any atom is -0.326 e. The fraction of sp³-hybridized carbons (Fsp3) is 0.136. The van der Waals surface area contributed by atoms with Gasteiger partial charge in [0.15, 0.2) is 3.66 Å². The predicted octanol–water partition coefficient (Wildman–Crippen LogP) is 5.65. The second-order valence-electron chi connectivity index (χ2n) is 6.29. The van der Waals surface area contributed by atoms with Crippen LogP contribution in [-0.4, -0.2) is 14.5 Å². The number of amides is 1. The van der Waals surface area contributed by atoms with Gasteiger partial charge in [-0.3, -0.25) is 4.79 Å². The van der Waals surface area contributed by atoms with Gasteiger partial charge in [0, 0.05) is 11.4 Å². The van der Waals surface area contributed by atoms with Crippen LogP contribution in [0.3, 0.4) is 0 Å². The molecule has 4 heteroatoms. The van der Waals surface area contributed by atoms with Gasteiger partial charge in [0.25, 0.3) is 5.91 Å². The van der Waals surface area contributed by atoms with Gasteiger partial charge in [-0.05, 0) is 23.3 Å². The fourth-order valence-corrected chi connectivity index (χ4v) is 5.81. The van der Waals surface area contributed by atoms with Gasteiger partial charge in [0.2, 0.25) is 0 Å². The SMILES string of the molecule is O=C1N(Cc2ccccc2)[C@H](c2ccccc2)[C@@]1(Br)Sc1ccccc1. The van der Waals surface area contributed by atoms with Gasteiger partial charge in [-0.2, -0.15) is 0 Å². The number of likely N-dealkylation sites (tertiary alicyclic amines) is 1. The number of hydrogen-bond donors (Lipinski definition) is 0. The van der Waals surface area contributed by atoms with E-state index in [1.54, 1.807) is 11.8 Å². The zero-order chi connectivity index (χ0) is 18.0. The smallest absolute Gasteiger partial charge is 0.253 e. The van der Waals surface area contributed by atoms with Crippen molar-refractivity contribution in [1.29, 1.82) is 0 Å². The van der Waals surface area contributed by atoms with Crippen LogP contribution in [0.25, 0.3) is 0 Å². The molecule has 1 fully saturated rings. The number of alkyl halides is 1. The Labute approximate surface area is 166 Å². The first-order valence-electron chi connectivity index (χ1n) is 8.51. The summed E-state index contributed by atoms with van der Waals surface area (Å²) in [6, 6.07) is 30.4. The van der Waals surface area contributed by atoms with Gasteiger partial charge in [0.1, 0.15) is 0 Å². The van der Waals surface area contributed by atoms with Crippen LogP contribution >= 0.6 is 27.7 Å². The van der Waals surface area contributed by atoms with Crippen LogP contribution in [0.1, 0.15) is 17.2 Å². The lowest BCUT2D eigenvalue weighted by molar-refractivity contribution is -0.147. The third-order valence-electron chi connectivity index (χ3n) is 4.54. The van der Waals surface area contributed by atoms with E-state index in [1.807, 2.05) is 71.6 Å². The quantitative estimate of drug-likeness (QED) is 0.390. The van der Waals surface area contributed by atoms with Gasteiger partial charge in [-0.25, -0.2) is 0 Å². The molecule has 3 aromatic rings. The molecule has 0 unspecified atom stereocenters. The maximum atomic E-state index is 13.1. The molecular formula is C22H18BrNOS. The summed E-state index contributed by atoms with van der Waals surface area (Å²) in [5.41, 5.74) is 2.28. The van der Waals surface area contributed by atoms with E-state index < -0.39 is 3.66 Å². The number of halogens is 1. The van der Waals surface area contributed by atoms with Gasteiger partial charge in [0.05, 0.1) is 6.04 Å². The van der Waals surface area contributed by atoms with Crippen molar-refractivity contribution in [3.05, 3.63) is 102 Å². The molecule has 0 bridgehead atoms. The van der Waals surface area contributed by atoms with E-state index in [2.05, 4.69) is 40.2 Å². The third-order valence-corrected chi connectivity index (χ3v) is 7.00. The van der Waals surface area contributed by atoms with Gasteiger partial charge in [-0.15, -0.1) is 0 Å². The summed E-state index contributed by atoms with van der Waals surface area (Å²) in [6.07, 6.45) is 0. The second kappa shape index (κ2) is 7.29. The highest BCUT2D eigenvalue weighted by atomic mass is 79.9. The van der Waals surface area contributed by atoms with Crippen LogP contribution in [0.4, 0.5) is 0 Å². The lowest BCUT2D eigenvalue weighted by atomic mass is 9.92. The van der Waals surface area contributed by atoms with Crippen molar-refractivity contribution in [1.82, 2.24) is 4.90 Å². The molecule has 130 valence electrons. The zero-order valence-electron chi connectivity index (χ0n) is 14.1. The largest absolute Gasteiger partial charge is 0.326 e. The van der Waals surface area contributed by atoms with E-state index in [0.29, 0.717) is 6.54 Å². The summed E-state index contributed by atoms with van der Waals surface area (Å²) in [7, 11) is 0. The lowest BCUT2D eigenvalue weighted by Crippen LogP contribution is -2.62. The number of carbonyl (C=O) groups excluding carboxylic acids is 1. The highest BCUT2D eigenvalue weighted by Crippen LogP contribution is 2.58. The van der Waals surface area contributed by atoms with E-state index >= 15 is 0 Å². The highest BCUT2D eigenvalue weighted by molar-refractivity contribution is 9.12. The van der Waals surface area contributed by atoms with Crippen molar-refractivity contribution in [3.8, 4) is 0 Å². The minimum absolute atomic E-state index is 0.0263. The molecule has 26 heavy (non-hydrogen) atoms. The lowest BCUT2D eigenvalue weighted by Gasteiger charge is -2.52. The van der Waals surface area contributed by atoms with Crippen molar-refractivity contribution in [2.75, 3.05) is 0 Å². The average molecular weight is 424 g/mol. The normalized spacial score (nSPS) is 22.1. The summed E-state index contributed by atoms with van der Waals surface area (Å²) in [5, 5.41) is 0. The third kappa shape index (κ3) is 3.19. The Morgan fingerprint density at radius 1 is 0.846 bits per heavy atom. The molecule has 1 aliphatic heterocycles. The molecule has 1 amide bonds. The number of benzene rings is 3. The molecule has 0 aromatic heterocycles. The predicted molar refractivity (Wildman–Crippen MR) is 110 cm³/mol. The van der Waals surface area contributed by atoms with Crippen molar-refractivity contribution < 1.29 is 4.79 Å². The average Bonchev–Trinajstić information content (AvgIpc) is 2.69. The molecular weight excluding hydrogens is 406 g/mol. The Balaban J connectivity index is 1.66. The van der Waals surface area contributed by atoms with Gasteiger partial charge >= 0.3 is 0 Å². The Bertz CT molecular complexity index is 888. The number of thioether (sulfide) groups is 1. The molecule has 2 atom stereocenters. The summed E-state index contributed by atoms with van der Waals surface area (Å²) >= 11 is 5.38. The first kappa shape index (κ1) is 17.4. The highest BCUT2D eigenvalue weighted by Gasteiger charge is 2.60. The molecule has 0 radical (unpaired) electrons. The fourth-order valence-electron chi connectivity index (χ4n) is 3.30. The number of nitrogens with zero attached hydrogens (tertiary/aromatic N) is 1. The van der Waals surface area contributed by atoms with Gasteiger partial charge in [-0.1, -0.05) is 107 Å². The van der Waals surface area contributed by atoms with Crippen molar-refractivity contribution in [3.63, 3.8) is 0 Å². The van der Waals surface area contributed by atoms with Gasteiger partial charge < -0.3 is 4.90 Å². The topological polar surface area (TPSA) is 20.3 Å². The van der Waals surface area contributed by atoms with Crippen LogP contribution in [-0.2, 0) is 11.3 Å². The Morgan fingerprint density at radius 3 is 2.00 bits per heavy atom. The van der Waals surface area contributed by atoms with E-state index in [9.17, 15) is 4.79 Å². The Morgan fingerprint density at radius 2 is 1.38 bits per heavy atom. The van der Waals surface area contributed by atoms with Crippen LogP contribution in [0.15, 0.2) is 95.9 Å². The first-order valence-corrected chi connectivity index (χ1v) is 10.1. The van der Waals surface area contributed by atoms with Crippen LogP contribution in [0.2, 0.25) is 0 Å². The summed E-state index contributed by atoms with van der Waals surface area (Å²) in [6.45, 7) is 0.613. The molecule has 4 rings (SSSR count). The molecule has 1 heterocycles. The zero-order valence-corrected chi connectivity index (χ0v) is 16.5. The number of hydrogen-bond acceptors (Lipinski definition) is 2. The Kier molecular flexibility index (Phi) is 4.88. The number of rotatable bonds is 5. The minimum atomic E-state index is -0.676. The van der Waals surface area contributed by atoms with E-state index in [-0.39, 0.29) is 11.9 Å². The maximum Gasteiger partial charge on any atom is 0.253 e. The van der Waals surface area contributed by atoms with Crippen LogP contribution in [0, 0.1) is 0 Å². The molecule has 2 nitrogen and oxygen atoms in total. The molecule has 0 saturated carbocycles. The summed E-state index contributed by atoms with van der Waals surface area (Å²) in [5.74, 6) is 0.115. The molecule has 3 aromatic carbocycles. The van der Waals surface area contributed by atoms with Crippen molar-refractivity contribution in [2.45, 2.75) is 21.1 Å².